The van der Waals surface area contributed by atoms with Crippen LogP contribution >= 0.6 is 11.6 Å². The van der Waals surface area contributed by atoms with Crippen LogP contribution in [0.25, 0.3) is 0 Å². The first-order valence-electron chi connectivity index (χ1n) is 7.20. The first-order valence-corrected chi connectivity index (χ1v) is 7.64. The highest BCUT2D eigenvalue weighted by Gasteiger charge is 2.22. The van der Waals surface area contributed by atoms with Gasteiger partial charge in [0.1, 0.15) is 11.6 Å². The maximum Gasteiger partial charge on any atom is 0.131 e. The molecule has 21 heavy (non-hydrogen) atoms. The molecular weight excluding hydrogens is 287 g/mol. The van der Waals surface area contributed by atoms with Crippen LogP contribution in [0.4, 0.5) is 4.39 Å². The van der Waals surface area contributed by atoms with Gasteiger partial charge in [-0.25, -0.2) is 4.39 Å². The van der Waals surface area contributed by atoms with E-state index in [0.29, 0.717) is 11.3 Å². The summed E-state index contributed by atoms with van der Waals surface area (Å²) >= 11 is 6.61. The summed E-state index contributed by atoms with van der Waals surface area (Å²) in [5.41, 5.74) is 3.70. The van der Waals surface area contributed by atoms with Crippen molar-refractivity contribution < 1.29 is 9.13 Å². The summed E-state index contributed by atoms with van der Waals surface area (Å²) in [7, 11) is 1.53. The monoisotopic (exact) mass is 306 g/mol. The van der Waals surface area contributed by atoms with E-state index in [9.17, 15) is 4.39 Å². The topological polar surface area (TPSA) is 9.23 Å². The maximum absolute atomic E-state index is 14.2. The normalized spacial score (nSPS) is 12.2. The minimum atomic E-state index is -0.553. The van der Waals surface area contributed by atoms with Gasteiger partial charge in [0, 0.05) is 0 Å². The third-order valence-corrected chi connectivity index (χ3v) is 4.21. The number of benzene rings is 2. The summed E-state index contributed by atoms with van der Waals surface area (Å²) in [6.45, 7) is 4.17. The van der Waals surface area contributed by atoms with Crippen LogP contribution in [0.1, 0.15) is 41.5 Å². The Morgan fingerprint density at radius 3 is 2.52 bits per heavy atom. The average molecular weight is 307 g/mol. The van der Waals surface area contributed by atoms with Gasteiger partial charge in [-0.2, -0.15) is 0 Å². The van der Waals surface area contributed by atoms with E-state index in [2.05, 4.69) is 32.0 Å². The van der Waals surface area contributed by atoms with Crippen molar-refractivity contribution in [3.05, 3.63) is 64.5 Å². The van der Waals surface area contributed by atoms with Gasteiger partial charge >= 0.3 is 0 Å². The summed E-state index contributed by atoms with van der Waals surface area (Å²) in [6.07, 6.45) is 1.79. The van der Waals surface area contributed by atoms with Gasteiger partial charge in [-0.1, -0.05) is 38.1 Å². The van der Waals surface area contributed by atoms with E-state index in [1.165, 1.54) is 18.7 Å². The van der Waals surface area contributed by atoms with E-state index in [1.807, 2.05) is 0 Å². The molecule has 0 aromatic heterocycles. The molecular formula is C18H20ClFO. The van der Waals surface area contributed by atoms with Gasteiger partial charge in [0.2, 0.25) is 0 Å². The lowest BCUT2D eigenvalue weighted by molar-refractivity contribution is 0.405. The van der Waals surface area contributed by atoms with E-state index in [-0.39, 0.29) is 5.82 Å². The van der Waals surface area contributed by atoms with Crippen LogP contribution in [0.3, 0.4) is 0 Å². The number of methoxy groups -OCH3 is 1. The molecule has 2 aromatic carbocycles. The zero-order chi connectivity index (χ0) is 15.4. The molecule has 0 aliphatic carbocycles. The van der Waals surface area contributed by atoms with Crippen molar-refractivity contribution in [2.75, 3.05) is 7.11 Å². The predicted molar refractivity (Wildman–Crippen MR) is 85.8 cm³/mol. The lowest BCUT2D eigenvalue weighted by Gasteiger charge is -2.19. The molecule has 0 saturated carbocycles. The molecule has 0 spiro atoms. The van der Waals surface area contributed by atoms with E-state index in [1.54, 1.807) is 12.1 Å². The van der Waals surface area contributed by atoms with Crippen molar-refractivity contribution in [3.8, 4) is 5.75 Å². The highest BCUT2D eigenvalue weighted by Crippen LogP contribution is 2.38. The molecule has 1 nitrogen and oxygen atoms in total. The van der Waals surface area contributed by atoms with Crippen LogP contribution in [-0.4, -0.2) is 7.11 Å². The fraction of sp³-hybridized carbons (Fsp3) is 0.333. The fourth-order valence-electron chi connectivity index (χ4n) is 2.52. The van der Waals surface area contributed by atoms with E-state index >= 15 is 0 Å². The molecule has 112 valence electrons. The lowest BCUT2D eigenvalue weighted by Crippen LogP contribution is -2.04. The van der Waals surface area contributed by atoms with Crippen LogP contribution < -0.4 is 4.74 Å². The maximum atomic E-state index is 14.2. The van der Waals surface area contributed by atoms with Crippen molar-refractivity contribution in [1.82, 2.24) is 0 Å². The summed E-state index contributed by atoms with van der Waals surface area (Å²) in [5.74, 6) is 0.150. The van der Waals surface area contributed by atoms with E-state index in [4.69, 9.17) is 16.3 Å². The second-order valence-corrected chi connectivity index (χ2v) is 5.40. The molecule has 2 rings (SSSR count). The number of aryl methyl sites for hydroxylation is 2. The Morgan fingerprint density at radius 2 is 1.90 bits per heavy atom. The molecule has 0 aliphatic heterocycles. The third kappa shape index (κ3) is 3.21. The smallest absolute Gasteiger partial charge is 0.131 e. The largest absolute Gasteiger partial charge is 0.496 e. The second-order valence-electron chi connectivity index (χ2n) is 4.96. The Balaban J connectivity index is 2.56. The average Bonchev–Trinajstić information content (AvgIpc) is 2.53. The Labute approximate surface area is 130 Å². The zero-order valence-corrected chi connectivity index (χ0v) is 13.4. The summed E-state index contributed by atoms with van der Waals surface area (Å²) in [5, 5.41) is -0.553. The molecule has 1 unspecified atom stereocenters. The van der Waals surface area contributed by atoms with Crippen molar-refractivity contribution in [2.45, 2.75) is 32.1 Å². The molecule has 1 atom stereocenters. The number of hydrogen-bond acceptors (Lipinski definition) is 1. The lowest BCUT2D eigenvalue weighted by atomic mass is 9.94. The summed E-state index contributed by atoms with van der Waals surface area (Å²) in [4.78, 5) is 0. The SMILES string of the molecule is CCc1ccc(CC)c(C(Cl)c2c(F)cccc2OC)c1. The third-order valence-electron chi connectivity index (χ3n) is 3.76. The number of halogens is 2. The molecule has 0 radical (unpaired) electrons. The van der Waals surface area contributed by atoms with Gasteiger partial charge in [0.25, 0.3) is 0 Å². The van der Waals surface area contributed by atoms with Crippen LogP contribution in [0.15, 0.2) is 36.4 Å². The highest BCUT2D eigenvalue weighted by molar-refractivity contribution is 6.23. The van der Waals surface area contributed by atoms with Crippen LogP contribution in [-0.2, 0) is 12.8 Å². The van der Waals surface area contributed by atoms with Gasteiger partial charge in [-0.15, -0.1) is 11.6 Å². The van der Waals surface area contributed by atoms with Crippen molar-refractivity contribution >= 4 is 11.6 Å². The van der Waals surface area contributed by atoms with Gasteiger partial charge in [0.05, 0.1) is 18.1 Å². The Hall–Kier alpha value is -1.54. The molecule has 0 heterocycles. The predicted octanol–water partition coefficient (Wildman–Crippen LogP) is 5.29. The summed E-state index contributed by atoms with van der Waals surface area (Å²) in [6, 6.07) is 11.0. The van der Waals surface area contributed by atoms with Crippen molar-refractivity contribution in [3.63, 3.8) is 0 Å². The second kappa shape index (κ2) is 6.95. The molecule has 0 bridgehead atoms. The van der Waals surface area contributed by atoms with E-state index in [0.717, 1.165) is 24.0 Å². The Morgan fingerprint density at radius 1 is 1.14 bits per heavy atom. The van der Waals surface area contributed by atoms with Crippen LogP contribution in [0, 0.1) is 5.82 Å². The number of alkyl halides is 1. The Kier molecular flexibility index (Phi) is 5.24. The fourth-order valence-corrected chi connectivity index (χ4v) is 2.93. The van der Waals surface area contributed by atoms with E-state index < -0.39 is 5.38 Å². The molecule has 0 fully saturated rings. The first kappa shape index (κ1) is 15.8. The van der Waals surface area contributed by atoms with Crippen molar-refractivity contribution in [2.24, 2.45) is 0 Å². The molecule has 0 saturated heterocycles. The number of rotatable bonds is 5. The van der Waals surface area contributed by atoms with Gasteiger partial charge in [0.15, 0.2) is 0 Å². The minimum absolute atomic E-state index is 0.335. The van der Waals surface area contributed by atoms with Gasteiger partial charge < -0.3 is 4.74 Å². The molecule has 2 aromatic rings. The number of ether oxygens (including phenoxy) is 1. The molecule has 0 amide bonds. The molecule has 3 heteroatoms. The molecule has 0 N–H and O–H groups in total. The number of hydrogen-bond donors (Lipinski definition) is 0. The zero-order valence-electron chi connectivity index (χ0n) is 12.6. The first-order chi connectivity index (χ1) is 10.1. The van der Waals surface area contributed by atoms with Gasteiger partial charge in [-0.3, -0.25) is 0 Å². The highest BCUT2D eigenvalue weighted by atomic mass is 35.5. The molecule has 0 aliphatic rings. The van der Waals surface area contributed by atoms with Crippen LogP contribution in [0.2, 0.25) is 0 Å². The van der Waals surface area contributed by atoms with Gasteiger partial charge in [-0.05, 0) is 41.7 Å². The Bertz CT molecular complexity index is 625. The van der Waals surface area contributed by atoms with Crippen molar-refractivity contribution in [1.29, 1.82) is 0 Å². The van der Waals surface area contributed by atoms with Crippen LogP contribution in [0.5, 0.6) is 5.75 Å². The quantitative estimate of drug-likeness (QED) is 0.682. The summed E-state index contributed by atoms with van der Waals surface area (Å²) < 4.78 is 19.5. The minimum Gasteiger partial charge on any atom is -0.496 e. The standard InChI is InChI=1S/C18H20ClFO/c1-4-12-9-10-13(5-2)14(11-12)18(19)17-15(20)7-6-8-16(17)21-3/h6-11,18H,4-5H2,1-3H3.